The van der Waals surface area contributed by atoms with Crippen molar-refractivity contribution in [3.05, 3.63) is 0 Å². The molecule has 30 heavy (non-hydrogen) atoms. The number of aliphatic hydroxyl groups excluding tert-OH is 1. The van der Waals surface area contributed by atoms with Gasteiger partial charge >= 0.3 is 5.97 Å². The van der Waals surface area contributed by atoms with Crippen LogP contribution in [-0.4, -0.2) is 81.9 Å². The van der Waals surface area contributed by atoms with E-state index >= 15 is 0 Å². The second-order valence-corrected chi connectivity index (χ2v) is 8.73. The van der Waals surface area contributed by atoms with Gasteiger partial charge in [0.05, 0.1) is 6.10 Å². The molecule has 0 aromatic carbocycles. The Bertz CT molecular complexity index is 591. The first-order valence-corrected chi connectivity index (χ1v) is 11.6. The third-order valence-corrected chi connectivity index (χ3v) is 5.21. The van der Waals surface area contributed by atoms with E-state index in [0.717, 1.165) is 0 Å². The number of amides is 3. The van der Waals surface area contributed by atoms with Gasteiger partial charge in [-0.1, -0.05) is 13.8 Å². The number of thioether (sulfide) groups is 1. The zero-order valence-corrected chi connectivity index (χ0v) is 19.5. The number of carbonyl (C=O) groups excluding carboxylic acids is 3. The van der Waals surface area contributed by atoms with Gasteiger partial charge in [-0.25, -0.2) is 4.79 Å². The van der Waals surface area contributed by atoms with E-state index in [-0.39, 0.29) is 24.5 Å². The fourth-order valence-electron chi connectivity index (χ4n) is 2.42. The summed E-state index contributed by atoms with van der Waals surface area (Å²) >= 11 is 5.54. The van der Waals surface area contributed by atoms with Gasteiger partial charge < -0.3 is 31.9 Å². The number of aliphatic carboxylic acids is 1. The van der Waals surface area contributed by atoms with Gasteiger partial charge in [0, 0.05) is 5.75 Å². The van der Waals surface area contributed by atoms with E-state index in [1.54, 1.807) is 0 Å². The molecule has 0 aliphatic rings. The minimum absolute atomic E-state index is 0.0414. The minimum atomic E-state index is -1.20. The number of rotatable bonds is 14. The van der Waals surface area contributed by atoms with Crippen molar-refractivity contribution in [1.29, 1.82) is 0 Å². The third-order valence-electron chi connectivity index (χ3n) is 4.20. The molecule has 0 aromatic heterocycles. The molecule has 12 heteroatoms. The smallest absolute Gasteiger partial charge is 0.326 e. The standard InChI is InChI=1S/C18H34N4O6S2/c1-9(2)7-12(18(27)28)21-16(25)13(8-29)22-15(24)11(5-6-30-4)20-17(26)14(19)10(3)23/h9-14,23,29H,5-8,19H2,1-4H3,(H,20,26)(H,21,25)(H,22,24)(H,27,28). The number of aliphatic hydroxyl groups is 1. The zero-order chi connectivity index (χ0) is 23.4. The number of carboxylic acid groups (broad SMARTS) is 1. The molecule has 174 valence electrons. The van der Waals surface area contributed by atoms with Gasteiger partial charge in [0.1, 0.15) is 24.2 Å². The Morgan fingerprint density at radius 3 is 1.90 bits per heavy atom. The molecule has 0 bridgehead atoms. The normalized spacial score (nSPS) is 16.1. The Labute approximate surface area is 186 Å². The Morgan fingerprint density at radius 1 is 0.967 bits per heavy atom. The van der Waals surface area contributed by atoms with E-state index in [9.17, 15) is 29.4 Å². The molecular formula is C18H34N4O6S2. The fraction of sp³-hybridized carbons (Fsp3) is 0.778. The maximum Gasteiger partial charge on any atom is 0.326 e. The molecule has 10 nitrogen and oxygen atoms in total. The zero-order valence-electron chi connectivity index (χ0n) is 17.8. The number of thiol groups is 1. The summed E-state index contributed by atoms with van der Waals surface area (Å²) in [6.45, 7) is 5.02. The van der Waals surface area contributed by atoms with Crippen LogP contribution in [0.2, 0.25) is 0 Å². The molecule has 0 rings (SSSR count). The van der Waals surface area contributed by atoms with Crippen molar-refractivity contribution in [1.82, 2.24) is 16.0 Å². The Kier molecular flexibility index (Phi) is 13.8. The average molecular weight is 467 g/mol. The second-order valence-electron chi connectivity index (χ2n) is 7.38. The minimum Gasteiger partial charge on any atom is -0.480 e. The SMILES string of the molecule is CSCCC(NC(=O)C(N)C(C)O)C(=O)NC(CS)C(=O)NC(CC(C)C)C(=O)O. The lowest BCUT2D eigenvalue weighted by atomic mass is 10.0. The quantitative estimate of drug-likeness (QED) is 0.159. The van der Waals surface area contributed by atoms with Crippen LogP contribution >= 0.6 is 24.4 Å². The van der Waals surface area contributed by atoms with Crippen molar-refractivity contribution in [3.63, 3.8) is 0 Å². The van der Waals surface area contributed by atoms with Crippen LogP contribution in [0.3, 0.4) is 0 Å². The summed E-state index contributed by atoms with van der Waals surface area (Å²) in [6.07, 6.45) is 1.25. The molecule has 7 N–H and O–H groups in total. The van der Waals surface area contributed by atoms with Gasteiger partial charge in [-0.3, -0.25) is 14.4 Å². The predicted molar refractivity (Wildman–Crippen MR) is 119 cm³/mol. The number of nitrogens with two attached hydrogens (primary N) is 1. The van der Waals surface area contributed by atoms with Crippen LogP contribution in [-0.2, 0) is 19.2 Å². The Hall–Kier alpha value is -1.50. The fourth-order valence-corrected chi connectivity index (χ4v) is 3.15. The summed E-state index contributed by atoms with van der Waals surface area (Å²) in [5.41, 5.74) is 5.60. The van der Waals surface area contributed by atoms with E-state index in [2.05, 4.69) is 28.6 Å². The lowest BCUT2D eigenvalue weighted by Crippen LogP contribution is -2.58. The van der Waals surface area contributed by atoms with E-state index in [0.29, 0.717) is 5.75 Å². The molecule has 5 unspecified atom stereocenters. The van der Waals surface area contributed by atoms with Crippen molar-refractivity contribution in [2.45, 2.75) is 63.9 Å². The molecule has 0 heterocycles. The number of hydrogen-bond acceptors (Lipinski definition) is 8. The van der Waals surface area contributed by atoms with E-state index in [4.69, 9.17) is 5.73 Å². The first-order valence-electron chi connectivity index (χ1n) is 9.61. The van der Waals surface area contributed by atoms with Crippen LogP contribution in [0.1, 0.15) is 33.6 Å². The van der Waals surface area contributed by atoms with Crippen LogP contribution < -0.4 is 21.7 Å². The largest absolute Gasteiger partial charge is 0.480 e. The van der Waals surface area contributed by atoms with Crippen LogP contribution in [0, 0.1) is 5.92 Å². The van der Waals surface area contributed by atoms with Gasteiger partial charge in [0.15, 0.2) is 0 Å². The van der Waals surface area contributed by atoms with Crippen LogP contribution in [0.5, 0.6) is 0 Å². The van der Waals surface area contributed by atoms with Crippen molar-refractivity contribution in [2.75, 3.05) is 17.8 Å². The number of hydrogen-bond donors (Lipinski definition) is 7. The lowest BCUT2D eigenvalue weighted by Gasteiger charge is -2.25. The average Bonchev–Trinajstić information content (AvgIpc) is 2.66. The number of carboxylic acids is 1. The van der Waals surface area contributed by atoms with Gasteiger partial charge in [0.25, 0.3) is 0 Å². The Morgan fingerprint density at radius 2 is 1.47 bits per heavy atom. The number of nitrogens with one attached hydrogen (secondary N) is 3. The first-order chi connectivity index (χ1) is 13.9. The van der Waals surface area contributed by atoms with Crippen molar-refractivity contribution in [3.8, 4) is 0 Å². The molecule has 3 amide bonds. The topological polar surface area (TPSA) is 171 Å². The van der Waals surface area contributed by atoms with Crippen LogP contribution in [0.15, 0.2) is 0 Å². The summed E-state index contributed by atoms with van der Waals surface area (Å²) in [4.78, 5) is 48.7. The van der Waals surface area contributed by atoms with Crippen molar-refractivity contribution in [2.24, 2.45) is 11.7 Å². The van der Waals surface area contributed by atoms with Gasteiger partial charge in [0.2, 0.25) is 17.7 Å². The van der Waals surface area contributed by atoms with Crippen LogP contribution in [0.25, 0.3) is 0 Å². The molecule has 5 atom stereocenters. The molecule has 0 saturated carbocycles. The van der Waals surface area contributed by atoms with Gasteiger partial charge in [-0.15, -0.1) is 0 Å². The molecule has 0 saturated heterocycles. The summed E-state index contributed by atoms with van der Waals surface area (Å²) in [5, 5.41) is 26.1. The van der Waals surface area contributed by atoms with Gasteiger partial charge in [-0.05, 0) is 37.7 Å². The van der Waals surface area contributed by atoms with Crippen molar-refractivity contribution >= 4 is 48.1 Å². The highest BCUT2D eigenvalue weighted by Gasteiger charge is 2.30. The first kappa shape index (κ1) is 28.5. The summed E-state index contributed by atoms with van der Waals surface area (Å²) in [6, 6.07) is -4.36. The highest BCUT2D eigenvalue weighted by Crippen LogP contribution is 2.07. The van der Waals surface area contributed by atoms with Crippen LogP contribution in [0.4, 0.5) is 0 Å². The monoisotopic (exact) mass is 466 g/mol. The summed E-state index contributed by atoms with van der Waals surface area (Å²) in [7, 11) is 0. The molecule has 0 aromatic rings. The Balaban J connectivity index is 5.19. The van der Waals surface area contributed by atoms with E-state index < -0.39 is 54.0 Å². The highest BCUT2D eigenvalue weighted by molar-refractivity contribution is 7.98. The van der Waals surface area contributed by atoms with E-state index in [1.807, 2.05) is 20.1 Å². The van der Waals surface area contributed by atoms with E-state index in [1.165, 1.54) is 18.7 Å². The molecule has 0 spiro atoms. The highest BCUT2D eigenvalue weighted by atomic mass is 32.2. The summed E-state index contributed by atoms with van der Waals surface area (Å²) in [5.74, 6) is -2.64. The molecule has 0 aliphatic carbocycles. The van der Waals surface area contributed by atoms with Gasteiger partial charge in [-0.2, -0.15) is 24.4 Å². The van der Waals surface area contributed by atoms with Crippen molar-refractivity contribution < 1.29 is 29.4 Å². The maximum absolute atomic E-state index is 12.7. The predicted octanol–water partition coefficient (Wildman–Crippen LogP) is -1.04. The maximum atomic E-state index is 12.7. The second kappa shape index (κ2) is 14.5. The molecule has 0 radical (unpaired) electrons. The number of carbonyl (C=O) groups is 4. The molecule has 0 aliphatic heterocycles. The lowest BCUT2D eigenvalue weighted by molar-refractivity contribution is -0.142. The third kappa shape index (κ3) is 10.5. The molecule has 0 fully saturated rings. The molecular weight excluding hydrogens is 432 g/mol. The summed E-state index contributed by atoms with van der Waals surface area (Å²) < 4.78 is 0.